The first-order chi connectivity index (χ1) is 10.1. The Balaban J connectivity index is 1.86. The highest BCUT2D eigenvalue weighted by atomic mass is 19.1. The van der Waals surface area contributed by atoms with Crippen molar-refractivity contribution in [2.75, 3.05) is 0 Å². The molecule has 0 bridgehead atoms. The molecule has 0 saturated carbocycles. The van der Waals surface area contributed by atoms with Crippen LogP contribution in [0.4, 0.5) is 4.39 Å². The number of nitrogens with one attached hydrogen (secondary N) is 1. The van der Waals surface area contributed by atoms with Crippen LogP contribution >= 0.6 is 0 Å². The third-order valence-electron chi connectivity index (χ3n) is 3.10. The first-order valence-corrected chi connectivity index (χ1v) is 6.50. The van der Waals surface area contributed by atoms with Gasteiger partial charge in [0.2, 0.25) is 0 Å². The molecule has 0 atom stereocenters. The molecule has 0 unspecified atom stereocenters. The summed E-state index contributed by atoms with van der Waals surface area (Å²) in [5, 5.41) is 0.556. The van der Waals surface area contributed by atoms with E-state index in [0.29, 0.717) is 22.5 Å². The highest BCUT2D eigenvalue weighted by molar-refractivity contribution is 5.78. The van der Waals surface area contributed by atoms with Gasteiger partial charge < -0.3 is 9.72 Å². The molecule has 4 nitrogen and oxygen atoms in total. The van der Waals surface area contributed by atoms with Gasteiger partial charge in [0.05, 0.1) is 10.9 Å². The number of H-pyrrole nitrogens is 1. The maximum absolute atomic E-state index is 12.8. The molecule has 0 radical (unpaired) electrons. The lowest BCUT2D eigenvalue weighted by Gasteiger charge is -2.06. The SMILES string of the molecule is Cc1ccc2nc(COc3ccc(F)cc3)[nH]c(=O)c2c1. The molecule has 0 amide bonds. The molecule has 3 aromatic rings. The van der Waals surface area contributed by atoms with Gasteiger partial charge in [-0.15, -0.1) is 0 Å². The Hall–Kier alpha value is -2.69. The van der Waals surface area contributed by atoms with Gasteiger partial charge >= 0.3 is 0 Å². The van der Waals surface area contributed by atoms with E-state index in [-0.39, 0.29) is 18.0 Å². The second-order valence-corrected chi connectivity index (χ2v) is 4.78. The summed E-state index contributed by atoms with van der Waals surface area (Å²) in [6, 6.07) is 11.2. The van der Waals surface area contributed by atoms with Crippen molar-refractivity contribution in [1.82, 2.24) is 9.97 Å². The van der Waals surface area contributed by atoms with Crippen molar-refractivity contribution in [3.63, 3.8) is 0 Å². The second kappa shape index (κ2) is 5.36. The van der Waals surface area contributed by atoms with Gasteiger partial charge in [-0.2, -0.15) is 0 Å². The molecule has 0 aliphatic rings. The summed E-state index contributed by atoms with van der Waals surface area (Å²) in [6.07, 6.45) is 0. The number of halogens is 1. The smallest absolute Gasteiger partial charge is 0.258 e. The van der Waals surface area contributed by atoms with E-state index in [4.69, 9.17) is 4.74 Å². The first-order valence-electron chi connectivity index (χ1n) is 6.50. The molecule has 1 aromatic heterocycles. The lowest BCUT2D eigenvalue weighted by molar-refractivity contribution is 0.295. The van der Waals surface area contributed by atoms with E-state index >= 15 is 0 Å². The summed E-state index contributed by atoms with van der Waals surface area (Å²) in [4.78, 5) is 19.1. The zero-order chi connectivity index (χ0) is 14.8. The predicted octanol–water partition coefficient (Wildman–Crippen LogP) is 2.95. The van der Waals surface area contributed by atoms with Crippen molar-refractivity contribution < 1.29 is 9.13 Å². The number of aromatic amines is 1. The number of benzene rings is 2. The number of aryl methyl sites for hydroxylation is 1. The van der Waals surface area contributed by atoms with Crippen molar-refractivity contribution in [3.05, 3.63) is 70.0 Å². The Morgan fingerprint density at radius 1 is 1.19 bits per heavy atom. The van der Waals surface area contributed by atoms with Crippen LogP contribution in [0.15, 0.2) is 47.3 Å². The Bertz CT molecular complexity index is 841. The lowest BCUT2D eigenvalue weighted by atomic mass is 10.2. The number of nitrogens with zero attached hydrogens (tertiary/aromatic N) is 1. The van der Waals surface area contributed by atoms with Crippen LogP contribution in [-0.2, 0) is 6.61 Å². The van der Waals surface area contributed by atoms with Gasteiger partial charge in [-0.1, -0.05) is 11.6 Å². The van der Waals surface area contributed by atoms with Gasteiger partial charge in [-0.25, -0.2) is 9.37 Å². The largest absolute Gasteiger partial charge is 0.486 e. The summed E-state index contributed by atoms with van der Waals surface area (Å²) in [7, 11) is 0. The van der Waals surface area contributed by atoms with Crippen molar-refractivity contribution in [2.45, 2.75) is 13.5 Å². The van der Waals surface area contributed by atoms with Gasteiger partial charge in [0.15, 0.2) is 0 Å². The highest BCUT2D eigenvalue weighted by Gasteiger charge is 2.05. The number of hydrogen-bond donors (Lipinski definition) is 1. The molecule has 106 valence electrons. The topological polar surface area (TPSA) is 55.0 Å². The molecular formula is C16H13FN2O2. The number of hydrogen-bond acceptors (Lipinski definition) is 3. The molecule has 0 aliphatic heterocycles. The van der Waals surface area contributed by atoms with Crippen molar-refractivity contribution in [3.8, 4) is 5.75 Å². The maximum atomic E-state index is 12.8. The molecule has 3 rings (SSSR count). The molecule has 0 fully saturated rings. The fraction of sp³-hybridized carbons (Fsp3) is 0.125. The van der Waals surface area contributed by atoms with Gasteiger partial charge in [0, 0.05) is 0 Å². The van der Waals surface area contributed by atoms with Crippen LogP contribution in [0.25, 0.3) is 10.9 Å². The van der Waals surface area contributed by atoms with E-state index in [1.807, 2.05) is 13.0 Å². The van der Waals surface area contributed by atoms with Crippen LogP contribution in [0.5, 0.6) is 5.75 Å². The average Bonchev–Trinajstić information content (AvgIpc) is 2.47. The molecular weight excluding hydrogens is 271 g/mol. The van der Waals surface area contributed by atoms with Crippen LogP contribution < -0.4 is 10.3 Å². The van der Waals surface area contributed by atoms with Crippen LogP contribution in [0.2, 0.25) is 0 Å². The molecule has 5 heteroatoms. The van der Waals surface area contributed by atoms with E-state index in [9.17, 15) is 9.18 Å². The highest BCUT2D eigenvalue weighted by Crippen LogP contribution is 2.13. The summed E-state index contributed by atoms with van der Waals surface area (Å²) in [5.74, 6) is 0.624. The molecule has 0 spiro atoms. The van der Waals surface area contributed by atoms with Crippen LogP contribution in [-0.4, -0.2) is 9.97 Å². The number of rotatable bonds is 3. The van der Waals surface area contributed by atoms with Crippen LogP contribution in [0, 0.1) is 12.7 Å². The lowest BCUT2D eigenvalue weighted by Crippen LogP contribution is -2.13. The Kier molecular flexibility index (Phi) is 3.39. The molecule has 21 heavy (non-hydrogen) atoms. The number of aromatic nitrogens is 2. The fourth-order valence-electron chi connectivity index (χ4n) is 2.05. The maximum Gasteiger partial charge on any atom is 0.258 e. The molecule has 1 heterocycles. The van der Waals surface area contributed by atoms with E-state index in [0.717, 1.165) is 5.56 Å². The van der Waals surface area contributed by atoms with Crippen LogP contribution in [0.1, 0.15) is 11.4 Å². The van der Waals surface area contributed by atoms with Crippen molar-refractivity contribution >= 4 is 10.9 Å². The summed E-state index contributed by atoms with van der Waals surface area (Å²) in [6.45, 7) is 2.04. The van der Waals surface area contributed by atoms with Crippen LogP contribution in [0.3, 0.4) is 0 Å². The minimum atomic E-state index is -0.324. The third kappa shape index (κ3) is 2.91. The van der Waals surface area contributed by atoms with E-state index in [1.165, 1.54) is 24.3 Å². The van der Waals surface area contributed by atoms with E-state index < -0.39 is 0 Å². The monoisotopic (exact) mass is 284 g/mol. The van der Waals surface area contributed by atoms with Gasteiger partial charge in [-0.05, 0) is 43.3 Å². The zero-order valence-corrected chi connectivity index (χ0v) is 11.4. The average molecular weight is 284 g/mol. The second-order valence-electron chi connectivity index (χ2n) is 4.78. The summed E-state index contributed by atoms with van der Waals surface area (Å²) < 4.78 is 18.3. The molecule has 1 N–H and O–H groups in total. The summed E-state index contributed by atoms with van der Waals surface area (Å²) in [5.41, 5.74) is 1.44. The molecule has 0 aliphatic carbocycles. The van der Waals surface area contributed by atoms with Gasteiger partial charge in [0.1, 0.15) is 24.0 Å². The Labute approximate surface area is 120 Å². The minimum Gasteiger partial charge on any atom is -0.486 e. The van der Waals surface area contributed by atoms with Crippen molar-refractivity contribution in [2.24, 2.45) is 0 Å². The first kappa shape index (κ1) is 13.3. The fourth-order valence-corrected chi connectivity index (χ4v) is 2.05. The Morgan fingerprint density at radius 3 is 2.71 bits per heavy atom. The van der Waals surface area contributed by atoms with E-state index in [1.54, 1.807) is 12.1 Å². The standard InChI is InChI=1S/C16H13FN2O2/c1-10-2-7-14-13(8-10)16(20)19-15(18-14)9-21-12-5-3-11(17)4-6-12/h2-8H,9H2,1H3,(H,18,19,20). The van der Waals surface area contributed by atoms with Crippen molar-refractivity contribution in [1.29, 1.82) is 0 Å². The molecule has 0 saturated heterocycles. The molecule has 2 aromatic carbocycles. The Morgan fingerprint density at radius 2 is 1.95 bits per heavy atom. The summed E-state index contributed by atoms with van der Waals surface area (Å²) >= 11 is 0. The number of ether oxygens (including phenoxy) is 1. The minimum absolute atomic E-state index is 0.116. The third-order valence-corrected chi connectivity index (χ3v) is 3.10. The predicted molar refractivity (Wildman–Crippen MR) is 77.8 cm³/mol. The number of fused-ring (bicyclic) bond motifs is 1. The van der Waals surface area contributed by atoms with Gasteiger partial charge in [-0.3, -0.25) is 4.79 Å². The van der Waals surface area contributed by atoms with Gasteiger partial charge in [0.25, 0.3) is 5.56 Å². The quantitative estimate of drug-likeness (QED) is 0.804. The normalized spacial score (nSPS) is 10.8. The van der Waals surface area contributed by atoms with E-state index in [2.05, 4.69) is 9.97 Å². The zero-order valence-electron chi connectivity index (χ0n) is 11.4.